The van der Waals surface area contributed by atoms with Crippen molar-refractivity contribution >= 4 is 11.6 Å². The number of ether oxygens (including phenoxy) is 1. The standard InChI is InChI=1S/C16H10ClF3N2O3/c17-12-7-11(16(18,19)20)4-5-13(12)24-8-9-2-1-3-10(6-9)14-21-15(23)25-22-14/h1-7H,8H2,(H,21,22,23). The van der Waals surface area contributed by atoms with Gasteiger partial charge in [-0.2, -0.15) is 13.2 Å². The second kappa shape index (κ2) is 6.64. The highest BCUT2D eigenvalue weighted by Gasteiger charge is 2.31. The van der Waals surface area contributed by atoms with Crippen LogP contribution in [0.4, 0.5) is 13.2 Å². The molecule has 0 fully saturated rings. The van der Waals surface area contributed by atoms with Crippen molar-refractivity contribution in [3.8, 4) is 17.1 Å². The van der Waals surface area contributed by atoms with Crippen LogP contribution < -0.4 is 10.5 Å². The molecule has 1 aromatic heterocycles. The van der Waals surface area contributed by atoms with Crippen LogP contribution in [0.1, 0.15) is 11.1 Å². The van der Waals surface area contributed by atoms with Gasteiger partial charge in [0.25, 0.3) is 0 Å². The highest BCUT2D eigenvalue weighted by molar-refractivity contribution is 6.32. The maximum Gasteiger partial charge on any atom is 0.439 e. The van der Waals surface area contributed by atoms with Crippen LogP contribution >= 0.6 is 11.6 Å². The number of benzene rings is 2. The summed E-state index contributed by atoms with van der Waals surface area (Å²) in [6.45, 7) is 0.0704. The molecule has 0 bridgehead atoms. The maximum absolute atomic E-state index is 12.6. The van der Waals surface area contributed by atoms with Gasteiger partial charge in [-0.3, -0.25) is 9.51 Å². The average Bonchev–Trinajstić information content (AvgIpc) is 2.99. The fraction of sp³-hybridized carbons (Fsp3) is 0.125. The summed E-state index contributed by atoms with van der Waals surface area (Å²) in [5, 5.41) is 3.45. The number of hydrogen-bond acceptors (Lipinski definition) is 4. The van der Waals surface area contributed by atoms with E-state index in [-0.39, 0.29) is 23.2 Å². The van der Waals surface area contributed by atoms with Crippen molar-refractivity contribution in [3.05, 3.63) is 69.2 Å². The van der Waals surface area contributed by atoms with Gasteiger partial charge in [-0.15, -0.1) is 0 Å². The number of aromatic nitrogens is 2. The lowest BCUT2D eigenvalue weighted by Crippen LogP contribution is -2.05. The normalized spacial score (nSPS) is 11.5. The lowest BCUT2D eigenvalue weighted by molar-refractivity contribution is -0.137. The number of nitrogens with one attached hydrogen (secondary N) is 1. The van der Waals surface area contributed by atoms with Gasteiger partial charge >= 0.3 is 11.9 Å². The SMILES string of the molecule is O=c1[nH]c(-c2cccc(COc3ccc(C(F)(F)F)cc3Cl)c2)no1. The topological polar surface area (TPSA) is 68.1 Å². The summed E-state index contributed by atoms with van der Waals surface area (Å²) in [6.07, 6.45) is -4.47. The maximum atomic E-state index is 12.6. The van der Waals surface area contributed by atoms with Crippen LogP contribution in [0.2, 0.25) is 5.02 Å². The van der Waals surface area contributed by atoms with E-state index >= 15 is 0 Å². The molecule has 5 nitrogen and oxygen atoms in total. The first-order chi connectivity index (χ1) is 11.8. The zero-order valence-electron chi connectivity index (χ0n) is 12.4. The van der Waals surface area contributed by atoms with E-state index in [1.807, 2.05) is 0 Å². The summed E-state index contributed by atoms with van der Waals surface area (Å²) < 4.78 is 47.8. The van der Waals surface area contributed by atoms with E-state index in [2.05, 4.69) is 14.7 Å². The van der Waals surface area contributed by atoms with Crippen molar-refractivity contribution in [3.63, 3.8) is 0 Å². The van der Waals surface area contributed by atoms with Crippen molar-refractivity contribution in [2.45, 2.75) is 12.8 Å². The van der Waals surface area contributed by atoms with Crippen molar-refractivity contribution < 1.29 is 22.4 Å². The Morgan fingerprint density at radius 1 is 1.20 bits per heavy atom. The Labute approximate surface area is 144 Å². The largest absolute Gasteiger partial charge is 0.487 e. The molecule has 1 heterocycles. The van der Waals surface area contributed by atoms with Crippen LogP contribution in [-0.4, -0.2) is 10.1 Å². The first kappa shape index (κ1) is 17.1. The van der Waals surface area contributed by atoms with Gasteiger partial charge in [-0.05, 0) is 29.8 Å². The smallest absolute Gasteiger partial charge is 0.439 e. The lowest BCUT2D eigenvalue weighted by atomic mass is 10.1. The third-order valence-corrected chi connectivity index (χ3v) is 3.59. The molecule has 0 unspecified atom stereocenters. The van der Waals surface area contributed by atoms with E-state index in [0.717, 1.165) is 12.1 Å². The number of rotatable bonds is 4. The predicted octanol–water partition coefficient (Wildman–Crippen LogP) is 4.28. The predicted molar refractivity (Wildman–Crippen MR) is 83.3 cm³/mol. The van der Waals surface area contributed by atoms with Crippen LogP contribution in [0.3, 0.4) is 0 Å². The molecule has 0 atom stereocenters. The molecule has 1 N–H and O–H groups in total. The van der Waals surface area contributed by atoms with Crippen molar-refractivity contribution in [2.24, 2.45) is 0 Å². The minimum Gasteiger partial charge on any atom is -0.487 e. The number of aromatic amines is 1. The second-order valence-electron chi connectivity index (χ2n) is 5.08. The number of alkyl halides is 3. The Bertz CT molecular complexity index is 950. The molecule has 25 heavy (non-hydrogen) atoms. The first-order valence-electron chi connectivity index (χ1n) is 6.98. The van der Waals surface area contributed by atoms with E-state index < -0.39 is 17.5 Å². The number of H-pyrrole nitrogens is 1. The van der Waals surface area contributed by atoms with Gasteiger partial charge in [0.1, 0.15) is 12.4 Å². The summed E-state index contributed by atoms with van der Waals surface area (Å²) >= 11 is 5.84. The summed E-state index contributed by atoms with van der Waals surface area (Å²) in [7, 11) is 0. The Kier molecular flexibility index (Phi) is 4.54. The van der Waals surface area contributed by atoms with Gasteiger partial charge in [-0.25, -0.2) is 4.79 Å². The third kappa shape index (κ3) is 4.03. The fourth-order valence-electron chi connectivity index (χ4n) is 2.12. The van der Waals surface area contributed by atoms with Gasteiger partial charge in [-0.1, -0.05) is 35.0 Å². The Morgan fingerprint density at radius 2 is 2.00 bits per heavy atom. The van der Waals surface area contributed by atoms with Crippen molar-refractivity contribution in [1.29, 1.82) is 0 Å². The van der Waals surface area contributed by atoms with Gasteiger partial charge in [0, 0.05) is 5.56 Å². The monoisotopic (exact) mass is 370 g/mol. The van der Waals surface area contributed by atoms with Crippen molar-refractivity contribution in [1.82, 2.24) is 10.1 Å². The minimum atomic E-state index is -4.47. The second-order valence-corrected chi connectivity index (χ2v) is 5.48. The van der Waals surface area contributed by atoms with Gasteiger partial charge < -0.3 is 4.74 Å². The molecular weight excluding hydrogens is 361 g/mol. The van der Waals surface area contributed by atoms with E-state index in [1.54, 1.807) is 24.3 Å². The van der Waals surface area contributed by atoms with Gasteiger partial charge in [0.05, 0.1) is 10.6 Å². The van der Waals surface area contributed by atoms with E-state index in [1.165, 1.54) is 6.07 Å². The molecule has 3 rings (SSSR count). The van der Waals surface area contributed by atoms with E-state index in [9.17, 15) is 18.0 Å². The first-order valence-corrected chi connectivity index (χ1v) is 7.35. The molecule has 9 heteroatoms. The summed E-state index contributed by atoms with van der Waals surface area (Å²) in [5.41, 5.74) is 0.463. The molecule has 3 aromatic rings. The molecular formula is C16H10ClF3N2O3. The lowest BCUT2D eigenvalue weighted by Gasteiger charge is -2.11. The van der Waals surface area contributed by atoms with E-state index in [4.69, 9.17) is 16.3 Å². The number of halogens is 4. The molecule has 0 aliphatic carbocycles. The zero-order valence-corrected chi connectivity index (χ0v) is 13.2. The number of nitrogens with zero attached hydrogens (tertiary/aromatic N) is 1. The van der Waals surface area contributed by atoms with E-state index in [0.29, 0.717) is 11.1 Å². The van der Waals surface area contributed by atoms with Crippen molar-refractivity contribution in [2.75, 3.05) is 0 Å². The molecule has 2 aromatic carbocycles. The Morgan fingerprint density at radius 3 is 2.64 bits per heavy atom. The van der Waals surface area contributed by atoms with Crippen LogP contribution in [-0.2, 0) is 12.8 Å². The molecule has 0 saturated carbocycles. The molecule has 0 saturated heterocycles. The number of hydrogen-bond donors (Lipinski definition) is 1. The quantitative estimate of drug-likeness (QED) is 0.744. The minimum absolute atomic E-state index is 0.0704. The average molecular weight is 371 g/mol. The van der Waals surface area contributed by atoms with Crippen LogP contribution in [0.5, 0.6) is 5.75 Å². The fourth-order valence-corrected chi connectivity index (χ4v) is 2.35. The third-order valence-electron chi connectivity index (χ3n) is 3.29. The molecule has 0 aliphatic rings. The van der Waals surface area contributed by atoms with Gasteiger partial charge in [0.15, 0.2) is 5.82 Å². The molecule has 0 aliphatic heterocycles. The summed E-state index contributed by atoms with van der Waals surface area (Å²) in [6, 6.07) is 9.76. The Hall–Kier alpha value is -2.74. The summed E-state index contributed by atoms with van der Waals surface area (Å²) in [4.78, 5) is 13.4. The van der Waals surface area contributed by atoms with Crippen LogP contribution in [0, 0.1) is 0 Å². The van der Waals surface area contributed by atoms with Crippen LogP contribution in [0.25, 0.3) is 11.4 Å². The molecule has 0 radical (unpaired) electrons. The molecule has 0 amide bonds. The highest BCUT2D eigenvalue weighted by Crippen LogP contribution is 2.35. The Balaban J connectivity index is 1.75. The van der Waals surface area contributed by atoms with Crippen LogP contribution in [0.15, 0.2) is 51.8 Å². The zero-order chi connectivity index (χ0) is 18.0. The molecule has 130 valence electrons. The summed E-state index contributed by atoms with van der Waals surface area (Å²) in [5.74, 6) is -0.275. The van der Waals surface area contributed by atoms with Gasteiger partial charge in [0.2, 0.25) is 0 Å². The highest BCUT2D eigenvalue weighted by atomic mass is 35.5. The molecule has 0 spiro atoms.